The van der Waals surface area contributed by atoms with E-state index in [4.69, 9.17) is 19.2 Å². The molecule has 2 aliphatic heterocycles. The molecule has 5 rings (SSSR count). The van der Waals surface area contributed by atoms with Crippen molar-refractivity contribution >= 4 is 25.8 Å². The van der Waals surface area contributed by atoms with Crippen LogP contribution in [0.3, 0.4) is 0 Å². The van der Waals surface area contributed by atoms with Gasteiger partial charge in [-0.2, -0.15) is 0 Å². The van der Waals surface area contributed by atoms with Crippen LogP contribution < -0.4 is 9.44 Å². The monoisotopic (exact) mass is 635 g/mol. The summed E-state index contributed by atoms with van der Waals surface area (Å²) in [6.45, 7) is 8.73. The van der Waals surface area contributed by atoms with E-state index in [-0.39, 0.29) is 28.5 Å². The molecule has 0 atom stereocenters. The van der Waals surface area contributed by atoms with Crippen LogP contribution in [0, 0.1) is 0 Å². The average molecular weight is 636 g/mol. The third-order valence-electron chi connectivity index (χ3n) is 7.65. The minimum Gasteiger partial charge on any atom is -0.388 e. The third-order valence-corrected chi connectivity index (χ3v) is 10.7. The summed E-state index contributed by atoms with van der Waals surface area (Å²) < 4.78 is 75.9. The lowest BCUT2D eigenvalue weighted by Gasteiger charge is -2.27. The first-order chi connectivity index (χ1) is 20.1. The zero-order valence-electron chi connectivity index (χ0n) is 25.1. The maximum atomic E-state index is 13.4. The number of fused-ring (bicyclic) bond motifs is 3. The number of nitrogens with one attached hydrogen (secondary N) is 2. The number of nitrogens with zero attached hydrogens (tertiary/aromatic N) is 1. The molecule has 236 valence electrons. The van der Waals surface area contributed by atoms with E-state index in [9.17, 15) is 21.9 Å². The van der Waals surface area contributed by atoms with Gasteiger partial charge < -0.3 is 19.3 Å². The van der Waals surface area contributed by atoms with E-state index in [2.05, 4.69) is 9.44 Å². The molecule has 1 aliphatic carbocycles. The summed E-state index contributed by atoms with van der Waals surface area (Å²) in [5.41, 5.74) is 0.762. The van der Waals surface area contributed by atoms with Crippen LogP contribution in [0.2, 0.25) is 0 Å². The highest BCUT2D eigenvalue weighted by molar-refractivity contribution is 7.89. The average Bonchev–Trinajstić information content (AvgIpc) is 3.24. The second kappa shape index (κ2) is 12.3. The first-order valence-corrected chi connectivity index (χ1v) is 17.6. The van der Waals surface area contributed by atoms with Crippen molar-refractivity contribution in [3.63, 3.8) is 0 Å². The fourth-order valence-electron chi connectivity index (χ4n) is 5.37. The highest BCUT2D eigenvalue weighted by Crippen LogP contribution is 2.40. The van der Waals surface area contributed by atoms with Crippen molar-refractivity contribution in [2.45, 2.75) is 86.6 Å². The number of rotatable bonds is 10. The van der Waals surface area contributed by atoms with E-state index in [0.29, 0.717) is 68.9 Å². The molecule has 13 heteroatoms. The van der Waals surface area contributed by atoms with E-state index in [1.165, 1.54) is 0 Å². The molecule has 2 aromatic rings. The molecule has 2 aromatic carbocycles. The molecule has 0 aromatic heterocycles. The molecule has 0 unspecified atom stereocenters. The Morgan fingerprint density at radius 2 is 1.19 bits per heavy atom. The zero-order valence-corrected chi connectivity index (χ0v) is 26.7. The van der Waals surface area contributed by atoms with Crippen molar-refractivity contribution in [1.29, 1.82) is 0 Å². The summed E-state index contributed by atoms with van der Waals surface area (Å²) in [6, 6.07) is 9.29. The molecule has 3 N–H and O–H groups in total. The maximum absolute atomic E-state index is 13.4. The highest BCUT2D eigenvalue weighted by atomic mass is 32.2. The second-order valence-electron chi connectivity index (χ2n) is 12.4. The van der Waals surface area contributed by atoms with Crippen LogP contribution in [0.1, 0.15) is 64.5 Å². The SMILES string of the molecule is CC(C)(O)COC(C)(C)N=C1c2cc(S(=O)(=O)NC3CCOCC3)ccc2-c2ccc(S(=O)(=O)NC3CCOCC3)cc21. The van der Waals surface area contributed by atoms with Gasteiger partial charge in [0.1, 0.15) is 0 Å². The molecule has 3 aliphatic rings. The molecular weight excluding hydrogens is 594 g/mol. The van der Waals surface area contributed by atoms with Crippen LogP contribution in [0.4, 0.5) is 0 Å². The van der Waals surface area contributed by atoms with Gasteiger partial charge in [0.2, 0.25) is 20.0 Å². The first kappa shape index (κ1) is 32.2. The Kier molecular flexibility index (Phi) is 9.19. The van der Waals surface area contributed by atoms with E-state index < -0.39 is 31.4 Å². The van der Waals surface area contributed by atoms with Crippen molar-refractivity contribution < 1.29 is 36.2 Å². The van der Waals surface area contributed by atoms with Gasteiger partial charge in [0.05, 0.1) is 27.7 Å². The van der Waals surface area contributed by atoms with Gasteiger partial charge in [-0.05, 0) is 88.8 Å². The van der Waals surface area contributed by atoms with Crippen LogP contribution in [0.25, 0.3) is 11.1 Å². The summed E-state index contributed by atoms with van der Waals surface area (Å²) in [5, 5.41) is 10.2. The molecule has 0 spiro atoms. The molecule has 2 heterocycles. The normalized spacial score (nSPS) is 18.9. The molecular formula is C30H41N3O8S2. The van der Waals surface area contributed by atoms with Gasteiger partial charge in [-0.25, -0.2) is 26.3 Å². The van der Waals surface area contributed by atoms with Crippen LogP contribution in [0.15, 0.2) is 51.2 Å². The Hall–Kier alpha value is -2.23. The Balaban J connectivity index is 1.55. The number of aliphatic imine (C=N–C) groups is 1. The van der Waals surface area contributed by atoms with Crippen molar-refractivity contribution in [3.8, 4) is 11.1 Å². The smallest absolute Gasteiger partial charge is 0.240 e. The van der Waals surface area contributed by atoms with Crippen molar-refractivity contribution in [3.05, 3.63) is 47.5 Å². The summed E-state index contributed by atoms with van der Waals surface area (Å²) in [6.07, 6.45) is 2.37. The fraction of sp³-hybridized carbons (Fsp3) is 0.567. The van der Waals surface area contributed by atoms with Crippen molar-refractivity contribution in [1.82, 2.24) is 9.44 Å². The largest absolute Gasteiger partial charge is 0.388 e. The van der Waals surface area contributed by atoms with E-state index >= 15 is 0 Å². The lowest BCUT2D eigenvalue weighted by molar-refractivity contribution is -0.0868. The van der Waals surface area contributed by atoms with Gasteiger partial charge in [0, 0.05) is 49.6 Å². The molecule has 0 saturated carbocycles. The minimum atomic E-state index is -3.85. The molecule has 11 nitrogen and oxygen atoms in total. The number of ether oxygens (including phenoxy) is 3. The van der Waals surface area contributed by atoms with Gasteiger partial charge in [-0.3, -0.25) is 4.99 Å². The molecule has 2 saturated heterocycles. The quantitative estimate of drug-likeness (QED) is 0.308. The van der Waals surface area contributed by atoms with E-state index in [1.807, 2.05) is 0 Å². The van der Waals surface area contributed by atoms with Gasteiger partial charge in [0.15, 0.2) is 5.72 Å². The van der Waals surface area contributed by atoms with Crippen molar-refractivity contribution in [2.24, 2.45) is 4.99 Å². The van der Waals surface area contributed by atoms with Gasteiger partial charge in [-0.1, -0.05) is 12.1 Å². The van der Waals surface area contributed by atoms with E-state index in [1.54, 1.807) is 64.1 Å². The number of aliphatic hydroxyl groups is 1. The molecule has 43 heavy (non-hydrogen) atoms. The molecule has 0 bridgehead atoms. The minimum absolute atomic E-state index is 0.00335. The molecule has 0 radical (unpaired) electrons. The fourth-order valence-corrected chi connectivity index (χ4v) is 8.03. The predicted octanol–water partition coefficient (Wildman–Crippen LogP) is 2.94. The lowest BCUT2D eigenvalue weighted by atomic mass is 10.1. The Labute approximate surface area is 254 Å². The molecule has 0 amide bonds. The predicted molar refractivity (Wildman–Crippen MR) is 162 cm³/mol. The Morgan fingerprint density at radius 1 is 0.767 bits per heavy atom. The number of benzene rings is 2. The highest BCUT2D eigenvalue weighted by Gasteiger charge is 2.33. The van der Waals surface area contributed by atoms with Crippen molar-refractivity contribution in [2.75, 3.05) is 33.0 Å². The number of hydrogen-bond donors (Lipinski definition) is 3. The Bertz CT molecular complexity index is 1480. The van der Waals surface area contributed by atoms with Gasteiger partial charge >= 0.3 is 0 Å². The second-order valence-corrected chi connectivity index (χ2v) is 15.9. The summed E-state index contributed by atoms with van der Waals surface area (Å²) in [4.78, 5) is 5.06. The number of hydrogen-bond acceptors (Lipinski definition) is 9. The summed E-state index contributed by atoms with van der Waals surface area (Å²) in [5.74, 6) is 0. The zero-order chi connectivity index (χ0) is 31.0. The van der Waals surface area contributed by atoms with E-state index in [0.717, 1.165) is 11.1 Å². The topological polar surface area (TPSA) is 153 Å². The maximum Gasteiger partial charge on any atom is 0.240 e. The lowest BCUT2D eigenvalue weighted by Crippen LogP contribution is -2.38. The van der Waals surface area contributed by atoms with Crippen LogP contribution in [-0.2, 0) is 34.3 Å². The van der Waals surface area contributed by atoms with Crippen LogP contribution >= 0.6 is 0 Å². The molecule has 2 fully saturated rings. The van der Waals surface area contributed by atoms with Gasteiger partial charge in [0.25, 0.3) is 0 Å². The summed E-state index contributed by atoms with van der Waals surface area (Å²) in [7, 11) is -7.71. The first-order valence-electron chi connectivity index (χ1n) is 14.6. The number of sulfonamides is 2. The summed E-state index contributed by atoms with van der Waals surface area (Å²) >= 11 is 0. The van der Waals surface area contributed by atoms with Gasteiger partial charge in [-0.15, -0.1) is 0 Å². The third kappa shape index (κ3) is 7.71. The van der Waals surface area contributed by atoms with Crippen LogP contribution in [0.5, 0.6) is 0 Å². The Morgan fingerprint density at radius 3 is 1.58 bits per heavy atom. The van der Waals surface area contributed by atoms with Crippen LogP contribution in [-0.4, -0.2) is 84.1 Å². The standard InChI is InChI=1S/C30H41N3O8S2/c1-29(2,34)19-41-30(3,4)31-28-26-17-22(42(35,36)32-20-9-13-39-14-10-20)5-7-24(26)25-8-6-23(18-27(25)28)43(37,38)33-21-11-15-40-16-12-21/h5-8,17-18,20-21,32-34H,9-16,19H2,1-4H3.